The molecule has 0 spiro atoms. The fourth-order valence-corrected chi connectivity index (χ4v) is 6.06. The van der Waals surface area contributed by atoms with Crippen molar-refractivity contribution in [2.75, 3.05) is 18.5 Å². The number of anilines is 1. The molecule has 1 amide bonds. The van der Waals surface area contributed by atoms with E-state index in [1.165, 1.54) is 37.5 Å². The van der Waals surface area contributed by atoms with Crippen LogP contribution >= 0.6 is 0 Å². The van der Waals surface area contributed by atoms with Crippen molar-refractivity contribution >= 4 is 32.8 Å². The Morgan fingerprint density at radius 2 is 1.97 bits per heavy atom. The van der Waals surface area contributed by atoms with Crippen molar-refractivity contribution in [3.8, 4) is 0 Å². The van der Waals surface area contributed by atoms with Crippen molar-refractivity contribution in [1.82, 2.24) is 19.3 Å². The Morgan fingerprint density at radius 1 is 1.27 bits per heavy atom. The normalized spacial score (nSPS) is 21.5. The molecule has 1 aliphatic heterocycles. The van der Waals surface area contributed by atoms with Crippen LogP contribution in [0.2, 0.25) is 0 Å². The Morgan fingerprint density at radius 3 is 2.62 bits per heavy atom. The Hall–Kier alpha value is -3.45. The summed E-state index contributed by atoms with van der Waals surface area (Å²) in [5, 5.41) is 16.8. The molecule has 0 aromatic carbocycles. The first-order valence-corrected chi connectivity index (χ1v) is 13.5. The molecule has 12 nitrogen and oxygen atoms in total. The Bertz CT molecular complexity index is 1370. The number of hydrazine groups is 1. The number of carbonyl (C=O) groups excluding carboxylic acids is 1. The number of pyridine rings is 1. The van der Waals surface area contributed by atoms with Crippen molar-refractivity contribution < 1.29 is 22.9 Å². The van der Waals surface area contributed by atoms with E-state index in [-0.39, 0.29) is 23.8 Å². The molecule has 2 N–H and O–H groups in total. The Balaban J connectivity index is 1.49. The molecule has 0 radical (unpaired) electrons. The monoisotopic (exact) mass is 532 g/mol. The van der Waals surface area contributed by atoms with E-state index < -0.39 is 31.4 Å². The van der Waals surface area contributed by atoms with Gasteiger partial charge < -0.3 is 15.5 Å². The zero-order valence-electron chi connectivity index (χ0n) is 21.3. The number of allylic oxidation sites excluding steroid dienone is 2. The van der Waals surface area contributed by atoms with Gasteiger partial charge in [-0.25, -0.2) is 27.2 Å². The molecule has 37 heavy (non-hydrogen) atoms. The van der Waals surface area contributed by atoms with E-state index >= 15 is 0 Å². The Labute approximate surface area is 215 Å². The first-order chi connectivity index (χ1) is 17.3. The predicted molar refractivity (Wildman–Crippen MR) is 139 cm³/mol. The maximum Gasteiger partial charge on any atom is 0.407 e. The molecular formula is C24H32N6O6S. The Kier molecular flexibility index (Phi) is 7.04. The number of amides is 1. The van der Waals surface area contributed by atoms with Crippen LogP contribution in [0.5, 0.6) is 0 Å². The summed E-state index contributed by atoms with van der Waals surface area (Å²) in [6, 6.07) is 3.43. The van der Waals surface area contributed by atoms with Gasteiger partial charge in [-0.2, -0.15) is 0 Å². The van der Waals surface area contributed by atoms with Gasteiger partial charge in [0.15, 0.2) is 5.65 Å². The van der Waals surface area contributed by atoms with Crippen LogP contribution in [-0.4, -0.2) is 62.9 Å². The second kappa shape index (κ2) is 9.78. The van der Waals surface area contributed by atoms with Crippen LogP contribution in [0.25, 0.3) is 11.0 Å². The number of piperidine rings is 1. The summed E-state index contributed by atoms with van der Waals surface area (Å²) in [6.07, 6.45) is 8.07. The van der Waals surface area contributed by atoms with Crippen LogP contribution in [0, 0.1) is 10.1 Å². The van der Waals surface area contributed by atoms with Crippen LogP contribution in [0.15, 0.2) is 48.5 Å². The molecule has 4 rings (SSSR count). The highest BCUT2D eigenvalue weighted by atomic mass is 32.2. The number of nitro groups is 1. The topological polar surface area (TPSA) is 149 Å². The third-order valence-corrected chi connectivity index (χ3v) is 8.65. The minimum atomic E-state index is -4.06. The van der Waals surface area contributed by atoms with E-state index in [0.29, 0.717) is 37.0 Å². The highest BCUT2D eigenvalue weighted by Gasteiger charge is 2.42. The van der Waals surface area contributed by atoms with Gasteiger partial charge in [-0.1, -0.05) is 6.08 Å². The molecule has 1 unspecified atom stereocenters. The molecule has 0 saturated carbocycles. The second-order valence-electron chi connectivity index (χ2n) is 10.5. The van der Waals surface area contributed by atoms with Gasteiger partial charge in [-0.15, -0.1) is 0 Å². The fourth-order valence-electron chi connectivity index (χ4n) is 4.44. The average molecular weight is 533 g/mol. The molecule has 200 valence electrons. The third kappa shape index (κ3) is 5.62. The average Bonchev–Trinajstić information content (AvgIpc) is 3.25. The summed E-state index contributed by atoms with van der Waals surface area (Å²) in [6.45, 7) is 8.24. The molecule has 3 heterocycles. The largest absolute Gasteiger partial charge is 0.444 e. The predicted octanol–water partition coefficient (Wildman–Crippen LogP) is 3.41. The lowest BCUT2D eigenvalue weighted by atomic mass is 10.0. The number of nitrogens with zero attached hydrogens (tertiary/aromatic N) is 4. The van der Waals surface area contributed by atoms with Gasteiger partial charge in [-0.05, 0) is 59.1 Å². The van der Waals surface area contributed by atoms with Crippen LogP contribution in [0.4, 0.5) is 10.5 Å². The maximum atomic E-state index is 13.6. The first kappa shape index (κ1) is 26.6. The minimum Gasteiger partial charge on any atom is -0.444 e. The van der Waals surface area contributed by atoms with Crippen molar-refractivity contribution in [2.24, 2.45) is 0 Å². The highest BCUT2D eigenvalue weighted by Crippen LogP contribution is 2.34. The van der Waals surface area contributed by atoms with Gasteiger partial charge >= 0.3 is 6.09 Å². The number of hydrogen-bond donors (Lipinski definition) is 2. The summed E-state index contributed by atoms with van der Waals surface area (Å²) in [4.78, 5) is 27.0. The molecule has 1 aliphatic carbocycles. The van der Waals surface area contributed by atoms with Crippen LogP contribution in [0.3, 0.4) is 0 Å². The van der Waals surface area contributed by atoms with Gasteiger partial charge in [0.25, 0.3) is 5.70 Å². The van der Waals surface area contributed by atoms with Gasteiger partial charge in [0.2, 0.25) is 10.0 Å². The van der Waals surface area contributed by atoms with Crippen molar-refractivity contribution in [2.45, 2.75) is 63.3 Å². The third-order valence-electron chi connectivity index (χ3n) is 6.37. The molecular weight excluding hydrogens is 500 g/mol. The number of alkyl carbamates (subject to hydrolysis) is 1. The number of rotatable bonds is 6. The van der Waals surface area contributed by atoms with E-state index in [4.69, 9.17) is 4.74 Å². The van der Waals surface area contributed by atoms with Gasteiger partial charge in [-0.3, -0.25) is 10.1 Å². The zero-order chi connectivity index (χ0) is 27.0. The number of fused-ring (bicyclic) bond motifs is 1. The summed E-state index contributed by atoms with van der Waals surface area (Å²) in [7, 11) is -4.06. The lowest BCUT2D eigenvalue weighted by Crippen LogP contribution is -2.47. The first-order valence-electron chi connectivity index (χ1n) is 12.1. The van der Waals surface area contributed by atoms with E-state index in [9.17, 15) is 23.3 Å². The van der Waals surface area contributed by atoms with Crippen molar-refractivity contribution in [3.63, 3.8) is 0 Å². The number of aromatic nitrogens is 2. The summed E-state index contributed by atoms with van der Waals surface area (Å²) in [5.74, 6) is 0. The van der Waals surface area contributed by atoms with E-state index in [0.717, 1.165) is 3.97 Å². The lowest BCUT2D eigenvalue weighted by Gasteiger charge is -2.33. The SMILES string of the molecule is CC(C)(C)OC(=O)NC1CCN(Nc2ccnc3c2ccn3S(=O)(=O)C2(C)C=C([N+](=O)[O-])C=CC2)CC1. The molecule has 2 aromatic rings. The summed E-state index contributed by atoms with van der Waals surface area (Å²) in [5.41, 5.74) is 3.45. The number of hydrogen-bond acceptors (Lipinski definition) is 9. The molecule has 1 atom stereocenters. The molecule has 1 saturated heterocycles. The minimum absolute atomic E-state index is 0.000941. The molecule has 13 heteroatoms. The molecule has 2 aromatic heterocycles. The van der Waals surface area contributed by atoms with E-state index in [1.807, 2.05) is 25.8 Å². The van der Waals surface area contributed by atoms with Crippen molar-refractivity contribution in [3.05, 3.63) is 58.6 Å². The van der Waals surface area contributed by atoms with E-state index in [2.05, 4.69) is 15.7 Å². The van der Waals surface area contributed by atoms with E-state index in [1.54, 1.807) is 12.1 Å². The van der Waals surface area contributed by atoms with Gasteiger partial charge in [0.05, 0.1) is 10.6 Å². The van der Waals surface area contributed by atoms with Gasteiger partial charge in [0.1, 0.15) is 10.3 Å². The quantitative estimate of drug-likeness (QED) is 0.422. The lowest BCUT2D eigenvalue weighted by molar-refractivity contribution is -0.419. The standard InChI is InChI=1S/C24H32N6O6S/c1-23(2,3)36-22(31)26-17-8-13-28(14-9-17)27-20-7-12-25-21-19(20)10-15-29(21)37(34,35)24(4)11-5-6-18(16-24)30(32)33/h5-7,10,12,15-17H,8-9,11,13-14H2,1-4H3,(H,25,27)(H,26,31). The molecule has 0 bridgehead atoms. The number of carbonyl (C=O) groups is 1. The maximum absolute atomic E-state index is 13.6. The summed E-state index contributed by atoms with van der Waals surface area (Å²) >= 11 is 0. The molecule has 2 aliphatic rings. The number of ether oxygens (including phenoxy) is 1. The van der Waals surface area contributed by atoms with Gasteiger partial charge in [0, 0.05) is 49.1 Å². The smallest absolute Gasteiger partial charge is 0.407 e. The zero-order valence-corrected chi connectivity index (χ0v) is 22.1. The van der Waals surface area contributed by atoms with Crippen LogP contribution < -0.4 is 10.7 Å². The van der Waals surface area contributed by atoms with Crippen LogP contribution in [-0.2, 0) is 14.8 Å². The summed E-state index contributed by atoms with van der Waals surface area (Å²) < 4.78 is 32.2. The number of nitrogens with one attached hydrogen (secondary N) is 2. The second-order valence-corrected chi connectivity index (χ2v) is 12.8. The highest BCUT2D eigenvalue weighted by molar-refractivity contribution is 7.91. The van der Waals surface area contributed by atoms with Crippen LogP contribution in [0.1, 0.15) is 47.0 Å². The fraction of sp³-hybridized carbons (Fsp3) is 0.500. The van der Waals surface area contributed by atoms with Crippen molar-refractivity contribution in [1.29, 1.82) is 0 Å². The molecule has 1 fully saturated rings.